The van der Waals surface area contributed by atoms with E-state index in [0.29, 0.717) is 19.3 Å². The normalized spacial score (nSPS) is 12.5. The van der Waals surface area contributed by atoms with Gasteiger partial charge in [-0.3, -0.25) is 14.4 Å². The third-order valence-electron chi connectivity index (χ3n) is 10.0. The first-order valence-corrected chi connectivity index (χ1v) is 23.8. The average molecular weight is 797 g/mol. The van der Waals surface area contributed by atoms with Crippen LogP contribution in [0.25, 0.3) is 0 Å². The van der Waals surface area contributed by atoms with Gasteiger partial charge in [0, 0.05) is 19.3 Å². The Kier molecular flexibility index (Phi) is 43.5. The second kappa shape index (κ2) is 45.8. The fraction of sp³-hybridized carbons (Fsp3) is 0.745. The first-order valence-electron chi connectivity index (χ1n) is 23.8. The molecule has 0 amide bonds. The molecule has 0 aliphatic carbocycles. The number of hydrogen-bond acceptors (Lipinski definition) is 6. The predicted octanol–water partition coefficient (Wildman–Crippen LogP) is 15.3. The second-order valence-electron chi connectivity index (χ2n) is 15.6. The van der Waals surface area contributed by atoms with E-state index in [4.69, 9.17) is 14.2 Å². The Morgan fingerprint density at radius 1 is 0.368 bits per heavy atom. The topological polar surface area (TPSA) is 78.9 Å². The standard InChI is InChI=1S/C51H88O6/c1-4-7-10-13-16-18-20-22-23-24-25-26-27-29-30-32-35-38-41-44-50(53)56-47-48(46-55-49(52)43-40-37-34-15-12-9-6-3)57-51(54)45-42-39-36-33-31-28-21-19-17-14-11-8-5-2/h8,11,16-19,22-23,28,31,48H,4-7,9-10,12-15,20-21,24-27,29-30,32-47H2,1-3H3/b11-8-,18-16-,19-17-,23-22-,31-28-. The Bertz CT molecular complexity index is 1050. The highest BCUT2D eigenvalue weighted by molar-refractivity contribution is 5.71. The van der Waals surface area contributed by atoms with Crippen molar-refractivity contribution < 1.29 is 28.6 Å². The summed E-state index contributed by atoms with van der Waals surface area (Å²) in [5.41, 5.74) is 0. The number of carbonyl (C=O) groups is 3. The molecule has 0 heterocycles. The first kappa shape index (κ1) is 54.1. The highest BCUT2D eigenvalue weighted by atomic mass is 16.6. The van der Waals surface area contributed by atoms with Gasteiger partial charge >= 0.3 is 17.9 Å². The summed E-state index contributed by atoms with van der Waals surface area (Å²) in [4.78, 5) is 37.7. The van der Waals surface area contributed by atoms with E-state index in [1.54, 1.807) is 0 Å². The highest BCUT2D eigenvalue weighted by Crippen LogP contribution is 2.14. The Labute approximate surface area is 351 Å². The monoisotopic (exact) mass is 797 g/mol. The SMILES string of the molecule is CC/C=C\C/C=C\C/C=C\CCCCCC(=O)OC(COC(=O)CCCCCCCCC)COC(=O)CCCCCCCCCCC/C=C\C/C=C\CCCCC. The molecule has 0 aromatic heterocycles. The molecule has 0 aliphatic rings. The van der Waals surface area contributed by atoms with Crippen molar-refractivity contribution in [2.24, 2.45) is 0 Å². The zero-order valence-corrected chi connectivity index (χ0v) is 37.3. The fourth-order valence-electron chi connectivity index (χ4n) is 6.43. The minimum Gasteiger partial charge on any atom is -0.462 e. The van der Waals surface area contributed by atoms with Gasteiger partial charge in [0.2, 0.25) is 0 Å². The van der Waals surface area contributed by atoms with Crippen LogP contribution in [0.3, 0.4) is 0 Å². The molecule has 0 aromatic carbocycles. The van der Waals surface area contributed by atoms with Gasteiger partial charge in [0.05, 0.1) is 0 Å². The summed E-state index contributed by atoms with van der Waals surface area (Å²) >= 11 is 0. The third kappa shape index (κ3) is 44.1. The summed E-state index contributed by atoms with van der Waals surface area (Å²) in [6.07, 6.45) is 55.0. The molecule has 0 rings (SSSR count). The van der Waals surface area contributed by atoms with E-state index >= 15 is 0 Å². The fourth-order valence-corrected chi connectivity index (χ4v) is 6.43. The predicted molar refractivity (Wildman–Crippen MR) is 242 cm³/mol. The van der Waals surface area contributed by atoms with Gasteiger partial charge in [-0.2, -0.15) is 0 Å². The molecule has 0 saturated carbocycles. The largest absolute Gasteiger partial charge is 0.462 e. The van der Waals surface area contributed by atoms with Gasteiger partial charge in [0.25, 0.3) is 0 Å². The smallest absolute Gasteiger partial charge is 0.306 e. The summed E-state index contributed by atoms with van der Waals surface area (Å²) in [6, 6.07) is 0. The number of rotatable bonds is 42. The molecular weight excluding hydrogens is 709 g/mol. The van der Waals surface area contributed by atoms with E-state index in [0.717, 1.165) is 89.9 Å². The van der Waals surface area contributed by atoms with Crippen LogP contribution in [-0.2, 0) is 28.6 Å². The van der Waals surface area contributed by atoms with Crippen LogP contribution in [0.4, 0.5) is 0 Å². The Hall–Kier alpha value is -2.89. The van der Waals surface area contributed by atoms with E-state index in [9.17, 15) is 14.4 Å². The molecule has 0 saturated heterocycles. The van der Waals surface area contributed by atoms with Crippen LogP contribution >= 0.6 is 0 Å². The van der Waals surface area contributed by atoms with Crippen LogP contribution in [-0.4, -0.2) is 37.2 Å². The lowest BCUT2D eigenvalue weighted by Gasteiger charge is -2.18. The van der Waals surface area contributed by atoms with E-state index in [2.05, 4.69) is 81.5 Å². The highest BCUT2D eigenvalue weighted by Gasteiger charge is 2.19. The second-order valence-corrected chi connectivity index (χ2v) is 15.6. The van der Waals surface area contributed by atoms with E-state index in [1.807, 2.05) is 0 Å². The Morgan fingerprint density at radius 3 is 1.12 bits per heavy atom. The average Bonchev–Trinajstić information content (AvgIpc) is 3.21. The molecule has 328 valence electrons. The van der Waals surface area contributed by atoms with Crippen molar-refractivity contribution in [1.29, 1.82) is 0 Å². The Balaban J connectivity index is 4.29. The van der Waals surface area contributed by atoms with Crippen LogP contribution in [0.2, 0.25) is 0 Å². The maximum atomic E-state index is 12.7. The van der Waals surface area contributed by atoms with Crippen LogP contribution in [0, 0.1) is 0 Å². The number of unbranched alkanes of at least 4 members (excludes halogenated alkanes) is 21. The molecule has 1 unspecified atom stereocenters. The van der Waals surface area contributed by atoms with Crippen LogP contribution < -0.4 is 0 Å². The van der Waals surface area contributed by atoms with E-state index < -0.39 is 6.10 Å². The van der Waals surface area contributed by atoms with Crippen molar-refractivity contribution in [2.45, 2.75) is 232 Å². The number of allylic oxidation sites excluding steroid dienone is 10. The lowest BCUT2D eigenvalue weighted by molar-refractivity contribution is -0.167. The quantitative estimate of drug-likeness (QED) is 0.0265. The number of esters is 3. The molecular formula is C51H88O6. The molecule has 0 radical (unpaired) electrons. The molecule has 0 spiro atoms. The summed E-state index contributed by atoms with van der Waals surface area (Å²) in [6.45, 7) is 6.42. The summed E-state index contributed by atoms with van der Waals surface area (Å²) < 4.78 is 16.6. The lowest BCUT2D eigenvalue weighted by atomic mass is 10.1. The third-order valence-corrected chi connectivity index (χ3v) is 10.0. The zero-order valence-electron chi connectivity index (χ0n) is 37.3. The van der Waals surface area contributed by atoms with Crippen LogP contribution in [0.15, 0.2) is 60.8 Å². The molecule has 0 bridgehead atoms. The number of ether oxygens (including phenoxy) is 3. The zero-order chi connectivity index (χ0) is 41.5. The van der Waals surface area contributed by atoms with Gasteiger partial charge in [-0.1, -0.05) is 184 Å². The Morgan fingerprint density at radius 2 is 0.684 bits per heavy atom. The number of hydrogen-bond donors (Lipinski definition) is 0. The van der Waals surface area contributed by atoms with Crippen molar-refractivity contribution >= 4 is 17.9 Å². The minimum absolute atomic E-state index is 0.0873. The van der Waals surface area contributed by atoms with Crippen molar-refractivity contribution in [2.75, 3.05) is 13.2 Å². The molecule has 0 N–H and O–H groups in total. The van der Waals surface area contributed by atoms with E-state index in [1.165, 1.54) is 96.3 Å². The molecule has 57 heavy (non-hydrogen) atoms. The van der Waals surface area contributed by atoms with Crippen LogP contribution in [0.5, 0.6) is 0 Å². The van der Waals surface area contributed by atoms with Gasteiger partial charge in [0.1, 0.15) is 13.2 Å². The molecule has 6 heteroatoms. The van der Waals surface area contributed by atoms with E-state index in [-0.39, 0.29) is 31.1 Å². The van der Waals surface area contributed by atoms with Crippen molar-refractivity contribution in [3.8, 4) is 0 Å². The van der Waals surface area contributed by atoms with Crippen molar-refractivity contribution in [1.82, 2.24) is 0 Å². The van der Waals surface area contributed by atoms with Gasteiger partial charge < -0.3 is 14.2 Å². The van der Waals surface area contributed by atoms with Crippen molar-refractivity contribution in [3.63, 3.8) is 0 Å². The maximum Gasteiger partial charge on any atom is 0.306 e. The molecule has 0 aromatic rings. The first-order chi connectivity index (χ1) is 28.0. The molecule has 6 nitrogen and oxygen atoms in total. The number of carbonyl (C=O) groups excluding carboxylic acids is 3. The van der Waals surface area contributed by atoms with Crippen LogP contribution in [0.1, 0.15) is 226 Å². The molecule has 1 atom stereocenters. The minimum atomic E-state index is -0.786. The van der Waals surface area contributed by atoms with Crippen molar-refractivity contribution in [3.05, 3.63) is 60.8 Å². The molecule has 0 fully saturated rings. The van der Waals surface area contributed by atoms with Gasteiger partial charge in [0.15, 0.2) is 6.10 Å². The van der Waals surface area contributed by atoms with Gasteiger partial charge in [-0.15, -0.1) is 0 Å². The maximum absolute atomic E-state index is 12.7. The van der Waals surface area contributed by atoms with Gasteiger partial charge in [-0.05, 0) is 83.5 Å². The van der Waals surface area contributed by atoms with Gasteiger partial charge in [-0.25, -0.2) is 0 Å². The molecule has 0 aliphatic heterocycles. The summed E-state index contributed by atoms with van der Waals surface area (Å²) in [7, 11) is 0. The lowest BCUT2D eigenvalue weighted by Crippen LogP contribution is -2.30. The summed E-state index contributed by atoms with van der Waals surface area (Å²) in [5, 5.41) is 0. The summed E-state index contributed by atoms with van der Waals surface area (Å²) in [5.74, 6) is -0.929.